The third-order valence-corrected chi connectivity index (χ3v) is 7.25. The minimum absolute atomic E-state index is 0.0843. The van der Waals surface area contributed by atoms with E-state index in [-0.39, 0.29) is 17.9 Å². The zero-order valence-electron chi connectivity index (χ0n) is 17.6. The fourth-order valence-electron chi connectivity index (χ4n) is 4.33. The number of piperidine rings is 1. The van der Waals surface area contributed by atoms with Crippen LogP contribution in [0.2, 0.25) is 0 Å². The van der Waals surface area contributed by atoms with Crippen LogP contribution in [0.1, 0.15) is 30.2 Å². The van der Waals surface area contributed by atoms with Crippen molar-refractivity contribution in [1.82, 2.24) is 20.2 Å². The standard InChI is InChI=1S/C21H31N5O2S/c1-14(12-25-8-10-28-11-9-25)24-20(27)17-4-6-26(7-5-17)19-18-15(2)16(3)29-21(18)23-13-22-19/h13-14,17H,4-12H2,1-3H3,(H,24,27)/t14-/m1/s1. The summed E-state index contributed by atoms with van der Waals surface area (Å²) in [5, 5.41) is 4.41. The molecule has 1 amide bonds. The summed E-state index contributed by atoms with van der Waals surface area (Å²) in [5.74, 6) is 1.30. The van der Waals surface area contributed by atoms with Gasteiger partial charge in [-0.15, -0.1) is 11.3 Å². The average molecular weight is 418 g/mol. The summed E-state index contributed by atoms with van der Waals surface area (Å²) in [7, 11) is 0. The Morgan fingerprint density at radius 2 is 1.97 bits per heavy atom. The van der Waals surface area contributed by atoms with Crippen LogP contribution in [0.25, 0.3) is 10.2 Å². The van der Waals surface area contributed by atoms with Crippen molar-refractivity contribution in [3.8, 4) is 0 Å². The number of ether oxygens (including phenoxy) is 1. The van der Waals surface area contributed by atoms with Gasteiger partial charge in [-0.05, 0) is 39.2 Å². The van der Waals surface area contributed by atoms with Gasteiger partial charge in [-0.1, -0.05) is 0 Å². The van der Waals surface area contributed by atoms with Crippen LogP contribution in [0, 0.1) is 19.8 Å². The lowest BCUT2D eigenvalue weighted by molar-refractivity contribution is -0.126. The molecule has 158 valence electrons. The van der Waals surface area contributed by atoms with Crippen molar-refractivity contribution in [3.63, 3.8) is 0 Å². The van der Waals surface area contributed by atoms with Crippen LogP contribution >= 0.6 is 11.3 Å². The van der Waals surface area contributed by atoms with E-state index >= 15 is 0 Å². The summed E-state index contributed by atoms with van der Waals surface area (Å²) >= 11 is 1.73. The maximum atomic E-state index is 12.8. The second-order valence-corrected chi connectivity index (χ2v) is 9.45. The first kappa shape index (κ1) is 20.5. The van der Waals surface area contributed by atoms with E-state index in [4.69, 9.17) is 4.74 Å². The third-order valence-electron chi connectivity index (χ3n) is 6.14. The number of thiophene rings is 1. The number of anilines is 1. The molecule has 0 unspecified atom stereocenters. The molecule has 0 aliphatic carbocycles. The van der Waals surface area contributed by atoms with Crippen molar-refractivity contribution >= 4 is 33.3 Å². The topological polar surface area (TPSA) is 70.6 Å². The lowest BCUT2D eigenvalue weighted by atomic mass is 9.95. The molecule has 2 aromatic rings. The molecule has 1 N–H and O–H groups in total. The van der Waals surface area contributed by atoms with Crippen molar-refractivity contribution < 1.29 is 9.53 Å². The fourth-order valence-corrected chi connectivity index (χ4v) is 5.33. The van der Waals surface area contributed by atoms with Gasteiger partial charge in [0.05, 0.1) is 18.6 Å². The largest absolute Gasteiger partial charge is 0.379 e. The normalized spacial score (nSPS) is 20.2. The maximum absolute atomic E-state index is 12.8. The number of fused-ring (bicyclic) bond motifs is 1. The molecule has 2 aliphatic rings. The Morgan fingerprint density at radius 3 is 2.69 bits per heavy atom. The Bertz CT molecular complexity index is 856. The summed E-state index contributed by atoms with van der Waals surface area (Å²) in [6, 6.07) is 0.163. The van der Waals surface area contributed by atoms with Crippen LogP contribution in [0.5, 0.6) is 0 Å². The molecule has 2 aliphatic heterocycles. The highest BCUT2D eigenvalue weighted by Gasteiger charge is 2.28. The minimum Gasteiger partial charge on any atom is -0.379 e. The van der Waals surface area contributed by atoms with E-state index in [1.807, 2.05) is 0 Å². The molecule has 4 rings (SSSR count). The summed E-state index contributed by atoms with van der Waals surface area (Å²) in [5.41, 5.74) is 1.28. The van der Waals surface area contributed by atoms with Gasteiger partial charge in [0.2, 0.25) is 5.91 Å². The molecule has 0 bridgehead atoms. The molecule has 2 aromatic heterocycles. The number of nitrogens with zero attached hydrogens (tertiary/aromatic N) is 4. The van der Waals surface area contributed by atoms with Crippen molar-refractivity contribution in [2.45, 2.75) is 39.7 Å². The Kier molecular flexibility index (Phi) is 6.32. The molecule has 0 spiro atoms. The van der Waals surface area contributed by atoms with Gasteiger partial charge in [0.25, 0.3) is 0 Å². The van der Waals surface area contributed by atoms with Crippen LogP contribution in [0.4, 0.5) is 5.82 Å². The van der Waals surface area contributed by atoms with Crippen molar-refractivity contribution in [3.05, 3.63) is 16.8 Å². The van der Waals surface area contributed by atoms with E-state index in [0.717, 1.165) is 69.4 Å². The highest BCUT2D eigenvalue weighted by molar-refractivity contribution is 7.18. The Morgan fingerprint density at radius 1 is 1.24 bits per heavy atom. The second kappa shape index (κ2) is 8.93. The lowest BCUT2D eigenvalue weighted by Gasteiger charge is -2.34. The highest BCUT2D eigenvalue weighted by atomic mass is 32.1. The molecule has 0 aromatic carbocycles. The van der Waals surface area contributed by atoms with Crippen LogP contribution in [-0.2, 0) is 9.53 Å². The smallest absolute Gasteiger partial charge is 0.223 e. The van der Waals surface area contributed by atoms with Crippen LogP contribution in [0.3, 0.4) is 0 Å². The van der Waals surface area contributed by atoms with Gasteiger partial charge in [-0.25, -0.2) is 9.97 Å². The highest BCUT2D eigenvalue weighted by Crippen LogP contribution is 2.35. The first-order valence-electron chi connectivity index (χ1n) is 10.6. The lowest BCUT2D eigenvalue weighted by Crippen LogP contribution is -2.48. The molecule has 7 nitrogen and oxygen atoms in total. The molecule has 2 saturated heterocycles. The van der Waals surface area contributed by atoms with Crippen molar-refractivity contribution in [1.29, 1.82) is 0 Å². The van der Waals surface area contributed by atoms with Gasteiger partial charge in [-0.3, -0.25) is 9.69 Å². The van der Waals surface area contributed by atoms with Crippen LogP contribution in [-0.4, -0.2) is 72.8 Å². The first-order chi connectivity index (χ1) is 14.0. The van der Waals surface area contributed by atoms with E-state index in [1.165, 1.54) is 15.8 Å². The molecule has 8 heteroatoms. The summed E-state index contributed by atoms with van der Waals surface area (Å²) < 4.78 is 5.40. The first-order valence-corrected chi connectivity index (χ1v) is 11.4. The van der Waals surface area contributed by atoms with E-state index in [1.54, 1.807) is 17.7 Å². The molecule has 4 heterocycles. The number of rotatable bonds is 5. The number of aromatic nitrogens is 2. The van der Waals surface area contributed by atoms with E-state index in [0.29, 0.717) is 0 Å². The summed E-state index contributed by atoms with van der Waals surface area (Å²) in [4.78, 5) is 28.8. The maximum Gasteiger partial charge on any atom is 0.223 e. The number of carbonyl (C=O) groups is 1. The average Bonchev–Trinajstić information content (AvgIpc) is 3.02. The van der Waals surface area contributed by atoms with Gasteiger partial charge in [-0.2, -0.15) is 0 Å². The summed E-state index contributed by atoms with van der Waals surface area (Å²) in [6.45, 7) is 12.5. The molecule has 1 atom stereocenters. The SMILES string of the molecule is Cc1sc2ncnc(N3CCC(C(=O)N[C@H](C)CN4CCOCC4)CC3)c2c1C. The van der Waals surface area contributed by atoms with Crippen molar-refractivity contribution in [2.24, 2.45) is 5.92 Å². The number of carbonyl (C=O) groups excluding carboxylic acids is 1. The van der Waals surface area contributed by atoms with Gasteiger partial charge in [0, 0.05) is 49.6 Å². The van der Waals surface area contributed by atoms with Gasteiger partial charge < -0.3 is 15.0 Å². The van der Waals surface area contributed by atoms with E-state index in [2.05, 4.69) is 45.9 Å². The number of morpholine rings is 1. The van der Waals surface area contributed by atoms with Gasteiger partial charge in [0.1, 0.15) is 17.0 Å². The molecule has 29 heavy (non-hydrogen) atoms. The predicted molar refractivity (Wildman–Crippen MR) is 117 cm³/mol. The number of aryl methyl sites for hydroxylation is 2. The zero-order chi connectivity index (χ0) is 20.4. The molecule has 0 saturated carbocycles. The molecular formula is C21H31N5O2S. The van der Waals surface area contributed by atoms with Crippen LogP contribution < -0.4 is 10.2 Å². The molecular weight excluding hydrogens is 386 g/mol. The fraction of sp³-hybridized carbons (Fsp3) is 0.667. The Balaban J connectivity index is 1.33. The summed E-state index contributed by atoms with van der Waals surface area (Å²) in [6.07, 6.45) is 3.40. The Hall–Kier alpha value is -1.77. The molecule has 0 radical (unpaired) electrons. The van der Waals surface area contributed by atoms with Gasteiger partial charge in [0.15, 0.2) is 0 Å². The molecule has 2 fully saturated rings. The predicted octanol–water partition coefficient (Wildman–Crippen LogP) is 2.36. The Labute approximate surface area is 176 Å². The van der Waals surface area contributed by atoms with Crippen LogP contribution in [0.15, 0.2) is 6.33 Å². The minimum atomic E-state index is 0.0843. The van der Waals surface area contributed by atoms with Gasteiger partial charge >= 0.3 is 0 Å². The monoisotopic (exact) mass is 417 g/mol. The third kappa shape index (κ3) is 4.54. The number of amides is 1. The second-order valence-electron chi connectivity index (χ2n) is 8.24. The number of hydrogen-bond donors (Lipinski definition) is 1. The van der Waals surface area contributed by atoms with E-state index < -0.39 is 0 Å². The zero-order valence-corrected chi connectivity index (χ0v) is 18.4. The quantitative estimate of drug-likeness (QED) is 0.805. The number of nitrogens with one attached hydrogen (secondary N) is 1. The van der Waals surface area contributed by atoms with Crippen molar-refractivity contribution in [2.75, 3.05) is 50.8 Å². The van der Waals surface area contributed by atoms with E-state index in [9.17, 15) is 4.79 Å². The number of hydrogen-bond acceptors (Lipinski definition) is 7.